The van der Waals surface area contributed by atoms with Gasteiger partial charge >= 0.3 is 6.09 Å². The third-order valence-corrected chi connectivity index (χ3v) is 4.27. The molecule has 0 atom stereocenters. The zero-order valence-corrected chi connectivity index (χ0v) is 14.4. The Balaban J connectivity index is 1.92. The van der Waals surface area contributed by atoms with Crippen LogP contribution in [0.15, 0.2) is 12.1 Å². The molecule has 1 aromatic rings. The Morgan fingerprint density at radius 3 is 2.48 bits per heavy atom. The minimum atomic E-state index is -0.729. The second-order valence-electron chi connectivity index (χ2n) is 6.98. The Hall–Kier alpha value is -1.36. The summed E-state index contributed by atoms with van der Waals surface area (Å²) in [6.45, 7) is 6.65. The lowest BCUT2D eigenvalue weighted by molar-refractivity contribution is 0.0184. The molecule has 23 heavy (non-hydrogen) atoms. The number of nitrogens with zero attached hydrogens (tertiary/aromatic N) is 1. The third-order valence-electron chi connectivity index (χ3n) is 3.84. The number of hydrogen-bond donors (Lipinski definition) is 0. The van der Waals surface area contributed by atoms with Gasteiger partial charge in [-0.1, -0.05) is 11.6 Å². The summed E-state index contributed by atoms with van der Waals surface area (Å²) in [7, 11) is 0. The maximum absolute atomic E-state index is 13.5. The van der Waals surface area contributed by atoms with Crippen LogP contribution in [0.2, 0.25) is 5.02 Å². The maximum Gasteiger partial charge on any atom is 0.410 e. The highest BCUT2D eigenvalue weighted by Crippen LogP contribution is 2.28. The van der Waals surface area contributed by atoms with Gasteiger partial charge in [-0.25, -0.2) is 13.6 Å². The lowest BCUT2D eigenvalue weighted by Crippen LogP contribution is -2.42. The van der Waals surface area contributed by atoms with Gasteiger partial charge in [-0.05, 0) is 57.6 Å². The summed E-state index contributed by atoms with van der Waals surface area (Å²) < 4.78 is 32.1. The number of benzene rings is 1. The molecule has 3 nitrogen and oxygen atoms in total. The fourth-order valence-electron chi connectivity index (χ4n) is 2.71. The van der Waals surface area contributed by atoms with E-state index in [1.54, 1.807) is 4.90 Å². The van der Waals surface area contributed by atoms with E-state index >= 15 is 0 Å². The van der Waals surface area contributed by atoms with Crippen LogP contribution in [0.1, 0.15) is 39.2 Å². The van der Waals surface area contributed by atoms with Gasteiger partial charge in [0.25, 0.3) is 0 Å². The fraction of sp³-hybridized carbons (Fsp3) is 0.588. The number of piperidine rings is 1. The van der Waals surface area contributed by atoms with E-state index in [2.05, 4.69) is 0 Å². The van der Waals surface area contributed by atoms with Crippen LogP contribution < -0.4 is 0 Å². The summed E-state index contributed by atoms with van der Waals surface area (Å²) in [4.78, 5) is 13.7. The van der Waals surface area contributed by atoms with E-state index in [0.29, 0.717) is 25.1 Å². The van der Waals surface area contributed by atoms with E-state index in [1.807, 2.05) is 20.8 Å². The Morgan fingerprint density at radius 2 is 1.91 bits per heavy atom. The molecule has 2 rings (SSSR count). The zero-order valence-electron chi connectivity index (χ0n) is 13.7. The minimum absolute atomic E-state index is 0.0130. The quantitative estimate of drug-likeness (QED) is 0.720. The molecule has 128 valence electrons. The Labute approximate surface area is 140 Å². The van der Waals surface area contributed by atoms with Crippen molar-refractivity contribution in [3.8, 4) is 0 Å². The predicted molar refractivity (Wildman–Crippen MR) is 85.6 cm³/mol. The summed E-state index contributed by atoms with van der Waals surface area (Å²) in [5.74, 6) is -1.10. The second-order valence-corrected chi connectivity index (χ2v) is 7.35. The third kappa shape index (κ3) is 5.06. The van der Waals surface area contributed by atoms with E-state index < -0.39 is 17.2 Å². The molecule has 0 spiro atoms. The number of carbonyl (C=O) groups excluding carboxylic acids is 1. The highest BCUT2D eigenvalue weighted by atomic mass is 35.5. The van der Waals surface area contributed by atoms with E-state index in [0.717, 1.165) is 18.9 Å². The number of likely N-dealkylation sites (tertiary alicyclic amines) is 1. The standard InChI is InChI=1S/C17H22ClF2NO2/c1-17(2,3)23-16(22)21-6-4-11(5-7-21)8-12-9-13(19)10-14(20)15(12)18/h9-11H,4-8H2,1-3H3. The van der Waals surface area contributed by atoms with Gasteiger partial charge < -0.3 is 9.64 Å². The van der Waals surface area contributed by atoms with Crippen LogP contribution in [0, 0.1) is 17.6 Å². The Morgan fingerprint density at radius 1 is 1.30 bits per heavy atom. The summed E-state index contributed by atoms with van der Waals surface area (Å²) in [5, 5.41) is -0.0130. The normalized spacial score (nSPS) is 16.5. The van der Waals surface area contributed by atoms with Crippen molar-refractivity contribution in [2.75, 3.05) is 13.1 Å². The van der Waals surface area contributed by atoms with Crippen molar-refractivity contribution in [3.63, 3.8) is 0 Å². The minimum Gasteiger partial charge on any atom is -0.444 e. The largest absolute Gasteiger partial charge is 0.444 e. The molecule has 6 heteroatoms. The first-order valence-corrected chi connectivity index (χ1v) is 8.15. The lowest BCUT2D eigenvalue weighted by atomic mass is 9.90. The van der Waals surface area contributed by atoms with E-state index in [1.165, 1.54) is 6.07 Å². The van der Waals surface area contributed by atoms with Crippen LogP contribution in [0.4, 0.5) is 13.6 Å². The SMILES string of the molecule is CC(C)(C)OC(=O)N1CCC(Cc2cc(F)cc(F)c2Cl)CC1. The van der Waals surface area contributed by atoms with Crippen molar-refractivity contribution in [2.45, 2.75) is 45.6 Å². The van der Waals surface area contributed by atoms with Crippen LogP contribution in [0.5, 0.6) is 0 Å². The Kier molecular flexibility index (Phi) is 5.50. The molecule has 0 radical (unpaired) electrons. The van der Waals surface area contributed by atoms with Crippen molar-refractivity contribution in [3.05, 3.63) is 34.4 Å². The number of amides is 1. The molecule has 1 saturated heterocycles. The number of hydrogen-bond acceptors (Lipinski definition) is 2. The number of carbonyl (C=O) groups is 1. The molecule has 1 aliphatic heterocycles. The predicted octanol–water partition coefficient (Wildman–Crippen LogP) is 4.81. The molecule has 1 heterocycles. The first-order valence-electron chi connectivity index (χ1n) is 7.77. The molecule has 0 bridgehead atoms. The van der Waals surface area contributed by atoms with Crippen LogP contribution in [-0.4, -0.2) is 29.7 Å². The summed E-state index contributed by atoms with van der Waals surface area (Å²) in [6, 6.07) is 2.07. The monoisotopic (exact) mass is 345 g/mol. The molecule has 1 aliphatic rings. The lowest BCUT2D eigenvalue weighted by Gasteiger charge is -2.33. The molecule has 1 fully saturated rings. The van der Waals surface area contributed by atoms with Gasteiger partial charge in [0, 0.05) is 19.2 Å². The van der Waals surface area contributed by atoms with E-state index in [-0.39, 0.29) is 17.0 Å². The van der Waals surface area contributed by atoms with Gasteiger partial charge in [0.05, 0.1) is 5.02 Å². The van der Waals surface area contributed by atoms with Gasteiger partial charge in [0.1, 0.15) is 17.2 Å². The molecule has 0 aliphatic carbocycles. The smallest absolute Gasteiger partial charge is 0.410 e. The zero-order chi connectivity index (χ0) is 17.2. The topological polar surface area (TPSA) is 29.5 Å². The van der Waals surface area contributed by atoms with Gasteiger partial charge in [-0.15, -0.1) is 0 Å². The van der Waals surface area contributed by atoms with Gasteiger partial charge in [-0.3, -0.25) is 0 Å². The molecule has 1 aromatic carbocycles. The van der Waals surface area contributed by atoms with Gasteiger partial charge in [-0.2, -0.15) is 0 Å². The summed E-state index contributed by atoms with van der Waals surface area (Å²) in [6.07, 6.45) is 1.71. The van der Waals surface area contributed by atoms with E-state index in [4.69, 9.17) is 16.3 Å². The first kappa shape index (κ1) is 18.0. The average molecular weight is 346 g/mol. The van der Waals surface area contributed by atoms with Crippen LogP contribution in [-0.2, 0) is 11.2 Å². The van der Waals surface area contributed by atoms with Crippen molar-refractivity contribution in [2.24, 2.45) is 5.92 Å². The molecule has 0 N–H and O–H groups in total. The molecular weight excluding hydrogens is 324 g/mol. The second kappa shape index (κ2) is 7.04. The first-order chi connectivity index (χ1) is 10.7. The van der Waals surface area contributed by atoms with Crippen molar-refractivity contribution in [1.29, 1.82) is 0 Å². The van der Waals surface area contributed by atoms with Crippen molar-refractivity contribution < 1.29 is 18.3 Å². The molecule has 0 saturated carbocycles. The molecule has 0 aromatic heterocycles. The fourth-order valence-corrected chi connectivity index (χ4v) is 2.90. The maximum atomic E-state index is 13.5. The summed E-state index contributed by atoms with van der Waals surface area (Å²) in [5.41, 5.74) is -0.0273. The molecule has 0 unspecified atom stereocenters. The number of ether oxygens (including phenoxy) is 1. The van der Waals surface area contributed by atoms with Crippen LogP contribution in [0.3, 0.4) is 0 Å². The van der Waals surface area contributed by atoms with Crippen molar-refractivity contribution >= 4 is 17.7 Å². The van der Waals surface area contributed by atoms with Crippen molar-refractivity contribution in [1.82, 2.24) is 4.90 Å². The average Bonchev–Trinajstić information content (AvgIpc) is 2.43. The molecular formula is C17H22ClF2NO2. The highest BCUT2D eigenvalue weighted by Gasteiger charge is 2.27. The molecule has 1 amide bonds. The highest BCUT2D eigenvalue weighted by molar-refractivity contribution is 6.31. The van der Waals surface area contributed by atoms with Crippen LogP contribution >= 0.6 is 11.6 Å². The summed E-state index contributed by atoms with van der Waals surface area (Å²) >= 11 is 5.91. The van der Waals surface area contributed by atoms with E-state index in [9.17, 15) is 13.6 Å². The Bertz CT molecular complexity index is 579. The van der Waals surface area contributed by atoms with Crippen LogP contribution in [0.25, 0.3) is 0 Å². The number of halogens is 3. The van der Waals surface area contributed by atoms with Gasteiger partial charge in [0.15, 0.2) is 0 Å². The van der Waals surface area contributed by atoms with Gasteiger partial charge in [0.2, 0.25) is 0 Å². The number of rotatable bonds is 2.